The highest BCUT2D eigenvalue weighted by atomic mass is 16.8. The van der Waals surface area contributed by atoms with Gasteiger partial charge in [0.15, 0.2) is 37.0 Å². The van der Waals surface area contributed by atoms with Gasteiger partial charge in [-0.25, -0.2) is 0 Å². The molecule has 18 heteroatoms. The van der Waals surface area contributed by atoms with Crippen LogP contribution in [0.15, 0.2) is 41.5 Å². The highest BCUT2D eigenvalue weighted by molar-refractivity contribution is 6.19. The maximum Gasteiger partial charge on any atom is 0.303 e. The van der Waals surface area contributed by atoms with E-state index in [1.807, 2.05) is 30.3 Å². The SMILES string of the molecule is CO[C@H]1O[C@H](COCc2ccccc2)[C@@H](OC(C)=O)[C@@H](O[C@@H]2O[C@H](COC(C)=O)[C@H](OC(C)=O)[C@H](OC(C)=O)[C@H]2OC(C)=O)[C@H]1N1C(=O)C(C)=C(C)C1=O. The molecule has 2 fully saturated rings. The highest BCUT2D eigenvalue weighted by Crippen LogP contribution is 2.38. The van der Waals surface area contributed by atoms with E-state index in [0.717, 1.165) is 45.1 Å². The fraction of sp³-hybridized carbons (Fsp3) is 0.583. The van der Waals surface area contributed by atoms with Crippen molar-refractivity contribution in [1.82, 2.24) is 4.90 Å². The third-order valence-electron chi connectivity index (χ3n) is 8.72. The van der Waals surface area contributed by atoms with E-state index < -0.39 is 110 Å². The molecule has 0 unspecified atom stereocenters. The number of rotatable bonds is 14. The topological polar surface area (TPSA) is 215 Å². The summed E-state index contributed by atoms with van der Waals surface area (Å²) in [6, 6.07) is 7.65. The minimum Gasteiger partial charge on any atom is -0.463 e. The molecular weight excluding hydrogens is 718 g/mol. The number of methoxy groups -OCH3 is 1. The van der Waals surface area contributed by atoms with Crippen LogP contribution in [-0.2, 0) is 87.5 Å². The molecule has 3 heterocycles. The predicted molar refractivity (Wildman–Crippen MR) is 178 cm³/mol. The highest BCUT2D eigenvalue weighted by Gasteiger charge is 2.59. The molecule has 0 N–H and O–H groups in total. The molecule has 3 aliphatic rings. The Kier molecular flexibility index (Phi) is 14.4. The fourth-order valence-electron chi connectivity index (χ4n) is 6.35. The number of esters is 5. The standard InChI is InChI=1S/C36H45NO17/c1-17-18(2)34(44)37(33(17)43)27-30(28(48-20(4)39)25(52-35(27)45-8)15-46-14-24-12-10-9-11-13-24)54-36-32(51-23(7)42)31(50-22(6)41)29(49-21(5)40)26(53-36)16-47-19(3)38/h9-13,25-32,35-36H,14-16H2,1-8H3/t25-,26-,27-,28-,29+,30+,31+,32-,35+,36+/m1/s1. The van der Waals surface area contributed by atoms with Crippen LogP contribution in [0.4, 0.5) is 0 Å². The lowest BCUT2D eigenvalue weighted by atomic mass is 9.93. The Balaban J connectivity index is 1.85. The van der Waals surface area contributed by atoms with E-state index in [-0.39, 0.29) is 24.4 Å². The van der Waals surface area contributed by atoms with Crippen LogP contribution >= 0.6 is 0 Å². The molecule has 54 heavy (non-hydrogen) atoms. The number of carbonyl (C=O) groups excluding carboxylic acids is 7. The van der Waals surface area contributed by atoms with E-state index in [0.29, 0.717) is 0 Å². The third kappa shape index (κ3) is 10.1. The Bertz CT molecular complexity index is 1590. The second-order valence-corrected chi connectivity index (χ2v) is 12.7. The molecule has 0 spiro atoms. The molecule has 0 aliphatic carbocycles. The Morgan fingerprint density at radius 1 is 0.630 bits per heavy atom. The molecule has 2 amide bonds. The van der Waals surface area contributed by atoms with Crippen molar-refractivity contribution >= 4 is 41.7 Å². The van der Waals surface area contributed by atoms with Gasteiger partial charge in [-0.1, -0.05) is 30.3 Å². The van der Waals surface area contributed by atoms with E-state index in [4.69, 9.17) is 47.4 Å². The maximum absolute atomic E-state index is 13.7. The lowest BCUT2D eigenvalue weighted by Crippen LogP contribution is -2.70. The molecule has 0 saturated carbocycles. The second-order valence-electron chi connectivity index (χ2n) is 12.7. The number of nitrogens with zero attached hydrogens (tertiary/aromatic N) is 1. The van der Waals surface area contributed by atoms with E-state index in [1.54, 1.807) is 0 Å². The minimum atomic E-state index is -1.80. The summed E-state index contributed by atoms with van der Waals surface area (Å²) in [5, 5.41) is 0. The number of carbonyl (C=O) groups is 7. The number of amides is 2. The minimum absolute atomic E-state index is 0.116. The summed E-state index contributed by atoms with van der Waals surface area (Å²) in [5.74, 6) is -5.63. The third-order valence-corrected chi connectivity index (χ3v) is 8.72. The van der Waals surface area contributed by atoms with Crippen LogP contribution in [-0.4, -0.2) is 128 Å². The van der Waals surface area contributed by atoms with Crippen LogP contribution in [0.25, 0.3) is 0 Å². The number of imide groups is 1. The molecule has 10 atom stereocenters. The Hall–Kier alpha value is -4.75. The number of hydrogen-bond acceptors (Lipinski definition) is 17. The summed E-state index contributed by atoms with van der Waals surface area (Å²) in [6.07, 6.45) is -13.7. The van der Waals surface area contributed by atoms with Gasteiger partial charge in [0.1, 0.15) is 31.0 Å². The van der Waals surface area contributed by atoms with Crippen LogP contribution in [0.5, 0.6) is 0 Å². The monoisotopic (exact) mass is 763 g/mol. The number of hydrogen-bond donors (Lipinski definition) is 0. The van der Waals surface area contributed by atoms with Gasteiger partial charge in [0.2, 0.25) is 0 Å². The quantitative estimate of drug-likeness (QED) is 0.147. The van der Waals surface area contributed by atoms with Crippen molar-refractivity contribution in [2.24, 2.45) is 0 Å². The van der Waals surface area contributed by atoms with Crippen molar-refractivity contribution < 1.29 is 80.9 Å². The van der Waals surface area contributed by atoms with Gasteiger partial charge >= 0.3 is 29.8 Å². The van der Waals surface area contributed by atoms with Crippen molar-refractivity contribution in [2.75, 3.05) is 20.3 Å². The summed E-state index contributed by atoms with van der Waals surface area (Å²) in [4.78, 5) is 90.1. The summed E-state index contributed by atoms with van der Waals surface area (Å²) >= 11 is 0. The molecule has 1 aromatic rings. The number of ether oxygens (including phenoxy) is 10. The first-order chi connectivity index (χ1) is 25.5. The second kappa shape index (κ2) is 18.5. The summed E-state index contributed by atoms with van der Waals surface area (Å²) in [7, 11) is 1.26. The van der Waals surface area contributed by atoms with Crippen molar-refractivity contribution in [2.45, 2.75) is 116 Å². The van der Waals surface area contributed by atoms with Crippen LogP contribution in [0.1, 0.15) is 54.0 Å². The van der Waals surface area contributed by atoms with E-state index in [1.165, 1.54) is 21.0 Å². The van der Waals surface area contributed by atoms with Crippen molar-refractivity contribution in [3.05, 3.63) is 47.0 Å². The molecule has 0 radical (unpaired) electrons. The zero-order chi connectivity index (χ0) is 39.9. The van der Waals surface area contributed by atoms with Crippen molar-refractivity contribution in [3.8, 4) is 0 Å². The largest absolute Gasteiger partial charge is 0.463 e. The summed E-state index contributed by atoms with van der Waals surface area (Å²) in [6.45, 7) is 7.65. The van der Waals surface area contributed by atoms with Gasteiger partial charge in [0, 0.05) is 52.9 Å². The van der Waals surface area contributed by atoms with Gasteiger partial charge in [0.25, 0.3) is 11.8 Å². The van der Waals surface area contributed by atoms with Gasteiger partial charge in [0.05, 0.1) is 13.2 Å². The van der Waals surface area contributed by atoms with Gasteiger partial charge in [-0.05, 0) is 19.4 Å². The molecule has 3 aliphatic heterocycles. The first kappa shape index (κ1) is 42.0. The Morgan fingerprint density at radius 2 is 1.11 bits per heavy atom. The fourth-order valence-corrected chi connectivity index (χ4v) is 6.35. The van der Waals surface area contributed by atoms with E-state index in [2.05, 4.69) is 0 Å². The molecule has 18 nitrogen and oxygen atoms in total. The molecule has 2 saturated heterocycles. The molecular formula is C36H45NO17. The summed E-state index contributed by atoms with van der Waals surface area (Å²) in [5.41, 5.74) is 1.06. The van der Waals surface area contributed by atoms with Gasteiger partial charge < -0.3 is 47.4 Å². The van der Waals surface area contributed by atoms with Gasteiger partial charge in [-0.15, -0.1) is 0 Å². The first-order valence-corrected chi connectivity index (χ1v) is 17.0. The van der Waals surface area contributed by atoms with Gasteiger partial charge in [-0.3, -0.25) is 38.5 Å². The average molecular weight is 764 g/mol. The van der Waals surface area contributed by atoms with Crippen LogP contribution < -0.4 is 0 Å². The smallest absolute Gasteiger partial charge is 0.303 e. The summed E-state index contributed by atoms with van der Waals surface area (Å²) < 4.78 is 58.1. The van der Waals surface area contributed by atoms with Crippen molar-refractivity contribution in [1.29, 1.82) is 0 Å². The first-order valence-electron chi connectivity index (χ1n) is 17.0. The predicted octanol–water partition coefficient (Wildman–Crippen LogP) is 1.05. The molecule has 1 aromatic carbocycles. The molecule has 0 aromatic heterocycles. The average Bonchev–Trinajstić information content (AvgIpc) is 3.28. The normalized spacial score (nSPS) is 29.7. The van der Waals surface area contributed by atoms with E-state index >= 15 is 0 Å². The molecule has 4 rings (SSSR count). The van der Waals surface area contributed by atoms with Crippen LogP contribution in [0.3, 0.4) is 0 Å². The Labute approximate surface area is 311 Å². The number of benzene rings is 1. The lowest BCUT2D eigenvalue weighted by molar-refractivity contribution is -0.350. The van der Waals surface area contributed by atoms with E-state index in [9.17, 15) is 33.6 Å². The molecule has 0 bridgehead atoms. The van der Waals surface area contributed by atoms with Crippen LogP contribution in [0.2, 0.25) is 0 Å². The molecule has 296 valence electrons. The van der Waals surface area contributed by atoms with Gasteiger partial charge in [-0.2, -0.15) is 0 Å². The van der Waals surface area contributed by atoms with Crippen molar-refractivity contribution in [3.63, 3.8) is 0 Å². The lowest BCUT2D eigenvalue weighted by Gasteiger charge is -2.50. The maximum atomic E-state index is 13.7. The zero-order valence-electron chi connectivity index (χ0n) is 31.2. The zero-order valence-corrected chi connectivity index (χ0v) is 31.2. The Morgan fingerprint density at radius 3 is 1.63 bits per heavy atom. The van der Waals surface area contributed by atoms with Crippen LogP contribution in [0, 0.1) is 0 Å².